The van der Waals surface area contributed by atoms with E-state index in [1.54, 1.807) is 0 Å². The number of hydrogen-bond acceptors (Lipinski definition) is 2. The van der Waals surface area contributed by atoms with Crippen LogP contribution in [-0.4, -0.2) is 14.5 Å². The fourth-order valence-electron chi connectivity index (χ4n) is 8.91. The minimum absolute atomic E-state index is 0. The van der Waals surface area contributed by atoms with Crippen molar-refractivity contribution < 1.29 is 31.1 Å². The summed E-state index contributed by atoms with van der Waals surface area (Å²) in [7, 11) is 0. The van der Waals surface area contributed by atoms with Gasteiger partial charge in [-0.05, 0) is 50.8 Å². The van der Waals surface area contributed by atoms with Gasteiger partial charge in [-0.25, -0.2) is 15.5 Å². The maximum absolute atomic E-state index is 5.30. The van der Waals surface area contributed by atoms with Crippen molar-refractivity contribution in [2.24, 2.45) is 0 Å². The van der Waals surface area contributed by atoms with Gasteiger partial charge >= 0.3 is 31.1 Å². The molecule has 0 saturated carbocycles. The Hall–Kier alpha value is -6.83. The summed E-state index contributed by atoms with van der Waals surface area (Å²) in [5.41, 5.74) is 10.0. The first-order chi connectivity index (χ1) is 29.2. The Morgan fingerprint density at radius 1 is 0.433 bits per heavy atom. The van der Waals surface area contributed by atoms with E-state index >= 15 is 0 Å². The normalized spacial score (nSPS) is 11.5. The topological polar surface area (TPSA) is 30.7 Å². The molecule has 0 N–H and O–H groups in total. The van der Waals surface area contributed by atoms with Gasteiger partial charge in [0, 0.05) is 38.5 Å². The molecule has 12 rings (SSSR count). The number of hydrogen-bond donors (Lipinski definition) is 0. The summed E-state index contributed by atoms with van der Waals surface area (Å²) in [4.78, 5) is 10.5. The van der Waals surface area contributed by atoms with Crippen molar-refractivity contribution in [1.29, 1.82) is 0 Å². The molecule has 0 atom stereocenters. The smallest absolute Gasteiger partial charge is 0.350 e. The molecule has 2 heterocycles. The maximum Gasteiger partial charge on any atom is 2.00 e. The average molecular weight is 986 g/mol. The zero-order valence-electron chi connectivity index (χ0n) is 32.4. The standard InChI is InChI=1S/C56H33N3.U/c1-2-15-39(16-3-1)56-57-52(47-24-12-21-36-13-8-10-22-45(36)47)35-53(58-56)50-32-41-18-5-4-17-40(41)31-49(50)38-25-28-44(29-26-38)59-54-34-43-20-7-6-19-42(43)33-51(54)48-30-27-37-14-9-11-23-46(37)55(48)59;/h1-25,27-30,32-35H;/q-2;+2. The molecule has 0 fully saturated rings. The third-order valence-corrected chi connectivity index (χ3v) is 11.7. The van der Waals surface area contributed by atoms with Crippen LogP contribution >= 0.6 is 0 Å². The van der Waals surface area contributed by atoms with E-state index in [1.165, 1.54) is 48.7 Å². The molecule has 0 radical (unpaired) electrons. The van der Waals surface area contributed by atoms with Gasteiger partial charge < -0.3 is 4.57 Å². The molecule has 60 heavy (non-hydrogen) atoms. The molecule has 0 aliphatic heterocycles. The second-order valence-corrected chi connectivity index (χ2v) is 15.2. The summed E-state index contributed by atoms with van der Waals surface area (Å²) in [6.45, 7) is 0. The van der Waals surface area contributed by atoms with Crippen LogP contribution in [0.15, 0.2) is 200 Å². The fraction of sp³-hybridized carbons (Fsp3) is 0. The molecule has 0 spiro atoms. The molecule has 4 heteroatoms. The molecule has 0 amide bonds. The third-order valence-electron chi connectivity index (χ3n) is 11.7. The monoisotopic (exact) mass is 985 g/mol. The van der Waals surface area contributed by atoms with Crippen LogP contribution in [0.3, 0.4) is 0 Å². The van der Waals surface area contributed by atoms with E-state index in [0.717, 1.165) is 61.1 Å². The van der Waals surface area contributed by atoms with E-state index < -0.39 is 0 Å². The number of rotatable bonds is 5. The summed E-state index contributed by atoms with van der Waals surface area (Å²) in [6.07, 6.45) is 0. The molecule has 2 aromatic heterocycles. The SMILES string of the molecule is [U+2].[c-]1cc(-n2c3cc4ccccc4cc3c3ccc4ccccc4c32)ccc1-c1[c-]c2ccccc2cc1-c1cc(-c2cccc3ccccc23)nc(-c2ccccc2)n1. The Kier molecular flexibility index (Phi) is 8.93. The molecule has 0 bridgehead atoms. The summed E-state index contributed by atoms with van der Waals surface area (Å²) >= 11 is 0. The largest absolute Gasteiger partial charge is 2.00 e. The van der Waals surface area contributed by atoms with Crippen LogP contribution in [0.2, 0.25) is 0 Å². The predicted molar refractivity (Wildman–Crippen MR) is 246 cm³/mol. The number of fused-ring (bicyclic) bond motifs is 8. The van der Waals surface area contributed by atoms with Gasteiger partial charge in [-0.2, -0.15) is 23.8 Å². The zero-order valence-corrected chi connectivity index (χ0v) is 36.6. The van der Waals surface area contributed by atoms with Crippen molar-refractivity contribution in [2.75, 3.05) is 0 Å². The maximum atomic E-state index is 5.30. The van der Waals surface area contributed by atoms with Gasteiger partial charge in [0.05, 0.1) is 11.2 Å². The Morgan fingerprint density at radius 3 is 1.87 bits per heavy atom. The van der Waals surface area contributed by atoms with Gasteiger partial charge in [0.15, 0.2) is 5.82 Å². The molecule has 0 aliphatic carbocycles. The molecule has 0 unspecified atom stereocenters. The number of benzene rings is 10. The van der Waals surface area contributed by atoms with Crippen molar-refractivity contribution in [1.82, 2.24) is 14.5 Å². The van der Waals surface area contributed by atoms with Gasteiger partial charge in [-0.15, -0.1) is 35.2 Å². The number of aromatic nitrogens is 3. The van der Waals surface area contributed by atoms with Gasteiger partial charge in [-0.3, -0.25) is 0 Å². The first-order valence-electron chi connectivity index (χ1n) is 20.0. The van der Waals surface area contributed by atoms with Crippen molar-refractivity contribution in [2.45, 2.75) is 0 Å². The average Bonchev–Trinajstić information content (AvgIpc) is 3.63. The second kappa shape index (κ2) is 14.8. The van der Waals surface area contributed by atoms with Crippen molar-refractivity contribution >= 4 is 64.9 Å². The van der Waals surface area contributed by atoms with Crippen LogP contribution < -0.4 is 0 Å². The first-order valence-corrected chi connectivity index (χ1v) is 20.0. The van der Waals surface area contributed by atoms with E-state index in [2.05, 4.69) is 199 Å². The molecule has 3 nitrogen and oxygen atoms in total. The Morgan fingerprint density at radius 2 is 1.08 bits per heavy atom. The van der Waals surface area contributed by atoms with E-state index in [-0.39, 0.29) is 31.1 Å². The minimum Gasteiger partial charge on any atom is -0.350 e. The zero-order chi connectivity index (χ0) is 38.9. The van der Waals surface area contributed by atoms with Crippen molar-refractivity contribution in [3.05, 3.63) is 212 Å². The van der Waals surface area contributed by atoms with Crippen LogP contribution in [0.25, 0.3) is 116 Å². The van der Waals surface area contributed by atoms with Crippen LogP contribution in [0, 0.1) is 43.2 Å². The molecular weight excluding hydrogens is 953 g/mol. The van der Waals surface area contributed by atoms with Crippen molar-refractivity contribution in [3.63, 3.8) is 0 Å². The first kappa shape index (κ1) is 36.3. The summed E-state index contributed by atoms with van der Waals surface area (Å²) < 4.78 is 2.41. The van der Waals surface area contributed by atoms with Gasteiger partial charge in [-0.1, -0.05) is 157 Å². The molecule has 12 aromatic rings. The van der Waals surface area contributed by atoms with Crippen molar-refractivity contribution in [3.8, 4) is 50.7 Å². The van der Waals surface area contributed by atoms with Gasteiger partial charge in [0.1, 0.15) is 0 Å². The molecular formula is C56H33N3U. The third kappa shape index (κ3) is 6.03. The molecule has 276 valence electrons. The van der Waals surface area contributed by atoms with E-state index in [9.17, 15) is 0 Å². The minimum atomic E-state index is 0. The van der Waals surface area contributed by atoms with E-state index in [0.29, 0.717) is 5.82 Å². The Labute approximate surface area is 371 Å². The molecule has 10 aromatic carbocycles. The van der Waals surface area contributed by atoms with Crippen LogP contribution in [0.5, 0.6) is 0 Å². The van der Waals surface area contributed by atoms with Crippen LogP contribution in [0.1, 0.15) is 0 Å². The molecule has 0 aliphatic rings. The Balaban J connectivity index is 0.00000408. The van der Waals surface area contributed by atoms with Gasteiger partial charge in [0.2, 0.25) is 0 Å². The Bertz CT molecular complexity index is 3600. The summed E-state index contributed by atoms with van der Waals surface area (Å²) in [5, 5.41) is 11.8. The quantitative estimate of drug-likeness (QED) is 0.161. The summed E-state index contributed by atoms with van der Waals surface area (Å²) in [5.74, 6) is 0.676. The summed E-state index contributed by atoms with van der Waals surface area (Å²) in [6, 6.07) is 78.6. The fourth-order valence-corrected chi connectivity index (χ4v) is 8.91. The van der Waals surface area contributed by atoms with E-state index in [4.69, 9.17) is 9.97 Å². The second-order valence-electron chi connectivity index (χ2n) is 15.2. The number of nitrogens with zero attached hydrogens (tertiary/aromatic N) is 3. The van der Waals surface area contributed by atoms with E-state index in [1.807, 2.05) is 18.2 Å². The van der Waals surface area contributed by atoms with Crippen LogP contribution in [-0.2, 0) is 0 Å². The van der Waals surface area contributed by atoms with Gasteiger partial charge in [0.25, 0.3) is 0 Å². The predicted octanol–water partition coefficient (Wildman–Crippen LogP) is 14.5. The molecule has 0 saturated heterocycles. The van der Waals surface area contributed by atoms with Crippen LogP contribution in [0.4, 0.5) is 0 Å².